The summed E-state index contributed by atoms with van der Waals surface area (Å²) in [4.78, 5) is 6.50. The lowest BCUT2D eigenvalue weighted by molar-refractivity contribution is 0.552. The number of hydrogen-bond donors (Lipinski definition) is 1. The Labute approximate surface area is 105 Å². The molecule has 1 aromatic heterocycles. The van der Waals surface area contributed by atoms with Crippen LogP contribution >= 0.6 is 0 Å². The Kier molecular flexibility index (Phi) is 5.70. The normalized spacial score (nSPS) is 10.6. The topological polar surface area (TPSA) is 28.2 Å². The van der Waals surface area contributed by atoms with Gasteiger partial charge in [-0.05, 0) is 24.1 Å². The van der Waals surface area contributed by atoms with Crippen LogP contribution < -0.4 is 10.2 Å². The fourth-order valence-corrected chi connectivity index (χ4v) is 1.54. The van der Waals surface area contributed by atoms with E-state index < -0.39 is 0 Å². The molecule has 1 N–H and O–H groups in total. The third kappa shape index (κ3) is 5.00. The van der Waals surface area contributed by atoms with Crippen LogP contribution in [0.1, 0.15) is 19.4 Å². The van der Waals surface area contributed by atoms with Crippen molar-refractivity contribution in [2.24, 2.45) is 5.92 Å². The zero-order valence-electron chi connectivity index (χ0n) is 11.1. The van der Waals surface area contributed by atoms with Gasteiger partial charge in [-0.25, -0.2) is 4.98 Å². The molecular formula is C14H23N3. The van der Waals surface area contributed by atoms with Crippen LogP contribution in [0.5, 0.6) is 0 Å². The first-order chi connectivity index (χ1) is 8.13. The Morgan fingerprint density at radius 2 is 2.24 bits per heavy atom. The summed E-state index contributed by atoms with van der Waals surface area (Å²) in [5.41, 5.74) is 1.22. The Bertz CT molecular complexity index is 330. The molecule has 1 heterocycles. The predicted octanol–water partition coefficient (Wildman–Crippen LogP) is 2.45. The minimum absolute atomic E-state index is 0.681. The zero-order chi connectivity index (χ0) is 12.7. The first-order valence-electron chi connectivity index (χ1n) is 6.11. The second kappa shape index (κ2) is 7.07. The maximum absolute atomic E-state index is 4.43. The molecule has 0 aliphatic heterocycles. The summed E-state index contributed by atoms with van der Waals surface area (Å²) >= 11 is 0. The fraction of sp³-hybridized carbons (Fsp3) is 0.500. The summed E-state index contributed by atoms with van der Waals surface area (Å²) in [6.07, 6.45) is 3.81. The highest BCUT2D eigenvalue weighted by Crippen LogP contribution is 2.09. The van der Waals surface area contributed by atoms with Gasteiger partial charge in [0.1, 0.15) is 5.82 Å². The summed E-state index contributed by atoms with van der Waals surface area (Å²) in [6.45, 7) is 10.9. The predicted molar refractivity (Wildman–Crippen MR) is 74.2 cm³/mol. The lowest BCUT2D eigenvalue weighted by atomic mass is 10.2. The quantitative estimate of drug-likeness (QED) is 0.733. The Balaban J connectivity index is 2.47. The van der Waals surface area contributed by atoms with Crippen LogP contribution in [0.25, 0.3) is 0 Å². The number of hydrogen-bond acceptors (Lipinski definition) is 3. The van der Waals surface area contributed by atoms with Crippen LogP contribution in [0, 0.1) is 5.92 Å². The van der Waals surface area contributed by atoms with Crippen molar-refractivity contribution in [3.8, 4) is 0 Å². The van der Waals surface area contributed by atoms with Gasteiger partial charge in [-0.1, -0.05) is 26.0 Å². The van der Waals surface area contributed by atoms with Crippen LogP contribution in [0.2, 0.25) is 0 Å². The van der Waals surface area contributed by atoms with E-state index in [2.05, 4.69) is 47.8 Å². The molecule has 0 amide bonds. The molecule has 1 aromatic rings. The Morgan fingerprint density at radius 1 is 1.47 bits per heavy atom. The molecule has 0 atom stereocenters. The van der Waals surface area contributed by atoms with Crippen molar-refractivity contribution >= 4 is 5.82 Å². The Hall–Kier alpha value is -1.35. The van der Waals surface area contributed by atoms with Gasteiger partial charge < -0.3 is 10.2 Å². The largest absolute Gasteiger partial charge is 0.356 e. The van der Waals surface area contributed by atoms with Crippen molar-refractivity contribution in [2.45, 2.75) is 20.4 Å². The first kappa shape index (κ1) is 13.7. The highest BCUT2D eigenvalue weighted by molar-refractivity contribution is 5.38. The lowest BCUT2D eigenvalue weighted by Gasteiger charge is -2.16. The van der Waals surface area contributed by atoms with Gasteiger partial charge in [0.2, 0.25) is 0 Å². The molecule has 0 saturated carbocycles. The van der Waals surface area contributed by atoms with Gasteiger partial charge >= 0.3 is 0 Å². The van der Waals surface area contributed by atoms with Crippen molar-refractivity contribution in [3.05, 3.63) is 36.5 Å². The van der Waals surface area contributed by atoms with E-state index in [1.807, 2.05) is 19.3 Å². The third-order valence-electron chi connectivity index (χ3n) is 2.48. The van der Waals surface area contributed by atoms with Crippen molar-refractivity contribution in [3.63, 3.8) is 0 Å². The van der Waals surface area contributed by atoms with Crippen molar-refractivity contribution in [1.82, 2.24) is 10.3 Å². The summed E-state index contributed by atoms with van der Waals surface area (Å²) in [6, 6.07) is 4.17. The second-order valence-electron chi connectivity index (χ2n) is 4.72. The van der Waals surface area contributed by atoms with E-state index in [1.165, 1.54) is 5.56 Å². The molecule has 94 valence electrons. The smallest absolute Gasteiger partial charge is 0.128 e. The van der Waals surface area contributed by atoms with Gasteiger partial charge in [0.15, 0.2) is 0 Å². The van der Waals surface area contributed by atoms with E-state index >= 15 is 0 Å². The van der Waals surface area contributed by atoms with E-state index in [1.54, 1.807) is 0 Å². The molecular weight excluding hydrogens is 210 g/mol. The summed E-state index contributed by atoms with van der Waals surface area (Å²) in [5, 5.41) is 3.41. The van der Waals surface area contributed by atoms with E-state index in [-0.39, 0.29) is 0 Å². The number of nitrogens with zero attached hydrogens (tertiary/aromatic N) is 2. The maximum atomic E-state index is 4.43. The molecule has 1 rings (SSSR count). The molecule has 0 saturated heterocycles. The molecule has 3 nitrogen and oxygen atoms in total. The molecule has 3 heteroatoms. The highest BCUT2D eigenvalue weighted by Gasteiger charge is 2.00. The summed E-state index contributed by atoms with van der Waals surface area (Å²) in [5.74, 6) is 1.67. The lowest BCUT2D eigenvalue weighted by Crippen LogP contribution is -2.20. The van der Waals surface area contributed by atoms with Gasteiger partial charge in [-0.15, -0.1) is 6.58 Å². The molecule has 0 aliphatic rings. The molecule has 0 bridgehead atoms. The van der Waals surface area contributed by atoms with Crippen LogP contribution in [-0.4, -0.2) is 25.1 Å². The van der Waals surface area contributed by atoms with Crippen molar-refractivity contribution < 1.29 is 0 Å². The third-order valence-corrected chi connectivity index (χ3v) is 2.48. The average molecular weight is 233 g/mol. The van der Waals surface area contributed by atoms with Gasteiger partial charge in [0.05, 0.1) is 0 Å². The van der Waals surface area contributed by atoms with Gasteiger partial charge in [0.25, 0.3) is 0 Å². The molecule has 0 aliphatic carbocycles. The average Bonchev–Trinajstić information content (AvgIpc) is 2.30. The number of pyridine rings is 1. The number of likely N-dealkylation sites (N-methyl/N-ethyl adjacent to an activating group) is 1. The number of rotatable bonds is 7. The SMILES string of the molecule is C=CCN(C)c1ccc(CNCC(C)C)cn1. The highest BCUT2D eigenvalue weighted by atomic mass is 15.1. The number of anilines is 1. The molecule has 0 aromatic carbocycles. The number of nitrogens with one attached hydrogen (secondary N) is 1. The standard InChI is InChI=1S/C14H23N3/c1-5-8-17(4)14-7-6-13(11-16-14)10-15-9-12(2)3/h5-7,11-12,15H,1,8-10H2,2-4H3. The maximum Gasteiger partial charge on any atom is 0.128 e. The molecule has 0 radical (unpaired) electrons. The summed E-state index contributed by atoms with van der Waals surface area (Å²) < 4.78 is 0. The number of aromatic nitrogens is 1. The first-order valence-corrected chi connectivity index (χ1v) is 6.11. The van der Waals surface area contributed by atoms with Crippen LogP contribution in [0.15, 0.2) is 31.0 Å². The molecule has 0 fully saturated rings. The summed E-state index contributed by atoms with van der Waals surface area (Å²) in [7, 11) is 2.01. The monoisotopic (exact) mass is 233 g/mol. The van der Waals surface area contributed by atoms with Gasteiger partial charge in [-0.3, -0.25) is 0 Å². The fourth-order valence-electron chi connectivity index (χ4n) is 1.54. The van der Waals surface area contributed by atoms with Crippen LogP contribution in [-0.2, 0) is 6.54 Å². The molecule has 0 unspecified atom stereocenters. The second-order valence-corrected chi connectivity index (χ2v) is 4.72. The Morgan fingerprint density at radius 3 is 2.76 bits per heavy atom. The van der Waals surface area contributed by atoms with E-state index in [0.29, 0.717) is 5.92 Å². The zero-order valence-corrected chi connectivity index (χ0v) is 11.1. The van der Waals surface area contributed by atoms with Crippen molar-refractivity contribution in [2.75, 3.05) is 25.0 Å². The van der Waals surface area contributed by atoms with E-state index in [4.69, 9.17) is 0 Å². The molecule has 0 spiro atoms. The van der Waals surface area contributed by atoms with Crippen LogP contribution in [0.3, 0.4) is 0 Å². The minimum Gasteiger partial charge on any atom is -0.356 e. The molecule has 17 heavy (non-hydrogen) atoms. The van der Waals surface area contributed by atoms with Gasteiger partial charge in [0, 0.05) is 26.3 Å². The minimum atomic E-state index is 0.681. The van der Waals surface area contributed by atoms with E-state index in [9.17, 15) is 0 Å². The van der Waals surface area contributed by atoms with Gasteiger partial charge in [-0.2, -0.15) is 0 Å². The van der Waals surface area contributed by atoms with Crippen LogP contribution in [0.4, 0.5) is 5.82 Å². The van der Waals surface area contributed by atoms with E-state index in [0.717, 1.165) is 25.5 Å². The van der Waals surface area contributed by atoms with Crippen molar-refractivity contribution in [1.29, 1.82) is 0 Å².